The molecule has 3 amide bonds. The van der Waals surface area contributed by atoms with Gasteiger partial charge in [0, 0.05) is 45.9 Å². The predicted octanol–water partition coefficient (Wildman–Crippen LogP) is 5.48. The molecule has 0 heterocycles. The zero-order chi connectivity index (χ0) is 29.3. The molecule has 0 saturated carbocycles. The summed E-state index contributed by atoms with van der Waals surface area (Å²) >= 11 is 0. The maximum atomic E-state index is 12.9. The molecule has 5 aromatic rings. The molecule has 1 unspecified atom stereocenters. The normalized spacial score (nSPS) is 11.2. The Morgan fingerprint density at radius 2 is 0.833 bits per heavy atom. The van der Waals surface area contributed by atoms with Crippen molar-refractivity contribution in [2.75, 3.05) is 21.4 Å². The van der Waals surface area contributed by atoms with Crippen LogP contribution in [-0.4, -0.2) is 17.7 Å². The zero-order valence-corrected chi connectivity index (χ0v) is 22.3. The zero-order valence-electron chi connectivity index (χ0n) is 22.3. The fraction of sp³-hybridized carbons (Fsp3) is 0. The van der Waals surface area contributed by atoms with E-state index in [1.165, 1.54) is 6.07 Å². The summed E-state index contributed by atoms with van der Waals surface area (Å²) in [5.41, 5.74) is 6.77. The van der Waals surface area contributed by atoms with Crippen molar-refractivity contribution in [3.05, 3.63) is 155 Å². The van der Waals surface area contributed by atoms with Crippen molar-refractivity contribution >= 4 is 46.2 Å². The number of anilines is 4. The number of rotatable bonds is 9. The lowest BCUT2D eigenvalue weighted by atomic mass is 10.1. The molecule has 5 rings (SSSR count). The second kappa shape index (κ2) is 13.1. The van der Waals surface area contributed by atoms with Crippen LogP contribution in [0.4, 0.5) is 28.4 Å². The van der Waals surface area contributed by atoms with Gasteiger partial charge in [0.25, 0.3) is 17.7 Å². The molecule has 1 atom stereocenters. The number of para-hydroxylation sites is 1. The van der Waals surface area contributed by atoms with Crippen molar-refractivity contribution in [2.24, 2.45) is 0 Å². The van der Waals surface area contributed by atoms with Crippen LogP contribution in [0.15, 0.2) is 133 Å². The molecule has 0 spiro atoms. The summed E-state index contributed by atoms with van der Waals surface area (Å²) in [4.78, 5) is 38.1. The number of quaternary nitrogens is 1. The maximum absolute atomic E-state index is 12.9. The Morgan fingerprint density at radius 1 is 0.452 bits per heavy atom. The van der Waals surface area contributed by atoms with Crippen molar-refractivity contribution in [1.82, 2.24) is 0 Å². The second-order valence-corrected chi connectivity index (χ2v) is 9.28. The Labute approximate surface area is 242 Å². The molecule has 0 saturated heterocycles. The monoisotopic (exact) mass is 557 g/mol. The molecular weight excluding hydrogens is 530 g/mol. The van der Waals surface area contributed by atoms with E-state index < -0.39 is 0 Å². The van der Waals surface area contributed by atoms with Gasteiger partial charge in [-0.3, -0.25) is 14.4 Å². The quantitative estimate of drug-likeness (QED) is 0.153. The Morgan fingerprint density at radius 3 is 1.31 bits per heavy atom. The Kier molecular flexibility index (Phi) is 8.64. The lowest BCUT2D eigenvalue weighted by Gasteiger charge is -2.22. The fourth-order valence-electron chi connectivity index (χ4n) is 4.07. The van der Waals surface area contributed by atoms with E-state index in [0.29, 0.717) is 45.1 Å². The van der Waals surface area contributed by atoms with Gasteiger partial charge in [-0.1, -0.05) is 42.5 Å². The van der Waals surface area contributed by atoms with E-state index in [1.54, 1.807) is 115 Å². The first kappa shape index (κ1) is 27.8. The average molecular weight is 558 g/mol. The van der Waals surface area contributed by atoms with E-state index in [2.05, 4.69) is 21.4 Å². The molecule has 0 radical (unpaired) electrons. The van der Waals surface area contributed by atoms with E-state index >= 15 is 0 Å². The first-order valence-electron chi connectivity index (χ1n) is 13.1. The Balaban J connectivity index is 1.16. The van der Waals surface area contributed by atoms with Crippen molar-refractivity contribution < 1.29 is 19.6 Å². The Hall–Kier alpha value is -5.77. The number of amides is 3. The van der Waals surface area contributed by atoms with Gasteiger partial charge in [0.15, 0.2) is 5.69 Å². The van der Waals surface area contributed by atoms with Gasteiger partial charge in [-0.2, -0.15) is 0 Å². The first-order chi connectivity index (χ1) is 20.4. The van der Waals surface area contributed by atoms with Crippen LogP contribution in [0.1, 0.15) is 31.1 Å². The molecule has 0 aliphatic carbocycles. The molecule has 0 fully saturated rings. The third-order valence-electron chi connectivity index (χ3n) is 6.26. The summed E-state index contributed by atoms with van der Waals surface area (Å²) in [6.07, 6.45) is 0. The highest BCUT2D eigenvalue weighted by atomic mass is 16.5. The molecule has 0 bridgehead atoms. The molecule has 9 heteroatoms. The first-order valence-corrected chi connectivity index (χ1v) is 13.1. The van der Waals surface area contributed by atoms with Gasteiger partial charge in [-0.25, -0.2) is 10.6 Å². The van der Waals surface area contributed by atoms with Gasteiger partial charge < -0.3 is 21.2 Å². The molecule has 5 aromatic carbocycles. The predicted molar refractivity (Wildman–Crippen MR) is 164 cm³/mol. The highest BCUT2D eigenvalue weighted by Gasteiger charge is 2.12. The minimum Gasteiger partial charge on any atom is -0.603 e. The van der Waals surface area contributed by atoms with Crippen molar-refractivity contribution in [3.63, 3.8) is 0 Å². The smallest absolute Gasteiger partial charge is 0.255 e. The van der Waals surface area contributed by atoms with Gasteiger partial charge >= 0.3 is 0 Å². The SMILES string of the molecule is O=C(Nc1ccc(NC(=O)c2cccc(C(=O)Nc3ccc(N[NH+]([O-])c4ccccc4)cc3)c2)cc1)c1ccccc1. The van der Waals surface area contributed by atoms with Crippen molar-refractivity contribution in [1.29, 1.82) is 0 Å². The van der Waals surface area contributed by atoms with Crippen LogP contribution in [0.25, 0.3) is 0 Å². The van der Waals surface area contributed by atoms with Crippen LogP contribution < -0.4 is 26.5 Å². The molecule has 0 aliphatic heterocycles. The van der Waals surface area contributed by atoms with E-state index in [9.17, 15) is 19.6 Å². The largest absolute Gasteiger partial charge is 0.603 e. The van der Waals surface area contributed by atoms with E-state index in [4.69, 9.17) is 0 Å². The third-order valence-corrected chi connectivity index (χ3v) is 6.26. The van der Waals surface area contributed by atoms with Crippen LogP contribution >= 0.6 is 0 Å². The Bertz CT molecular complexity index is 1680. The maximum Gasteiger partial charge on any atom is 0.255 e. The van der Waals surface area contributed by atoms with Crippen LogP contribution in [0.5, 0.6) is 0 Å². The summed E-state index contributed by atoms with van der Waals surface area (Å²) in [5, 5.41) is 20.5. The topological polar surface area (TPSA) is 127 Å². The molecule has 0 aliphatic rings. The number of nitrogens with one attached hydrogen (secondary N) is 5. The number of benzene rings is 5. The van der Waals surface area contributed by atoms with E-state index in [1.807, 2.05) is 12.1 Å². The molecule has 0 aromatic heterocycles. The van der Waals surface area contributed by atoms with Crippen LogP contribution in [0.2, 0.25) is 0 Å². The minimum absolute atomic E-state index is 0.228. The summed E-state index contributed by atoms with van der Waals surface area (Å²) in [5.74, 6) is -0.998. The molecule has 208 valence electrons. The summed E-state index contributed by atoms with van der Waals surface area (Å²) in [7, 11) is 0. The second-order valence-electron chi connectivity index (χ2n) is 9.28. The third kappa shape index (κ3) is 7.24. The number of carbonyl (C=O) groups is 3. The van der Waals surface area contributed by atoms with Gasteiger partial charge in [-0.05, 0) is 78.9 Å². The van der Waals surface area contributed by atoms with Crippen LogP contribution in [0, 0.1) is 5.21 Å². The van der Waals surface area contributed by atoms with Gasteiger partial charge in [0.2, 0.25) is 0 Å². The van der Waals surface area contributed by atoms with Crippen molar-refractivity contribution in [2.45, 2.75) is 0 Å². The lowest BCUT2D eigenvalue weighted by Crippen LogP contribution is -3.05. The fourth-order valence-corrected chi connectivity index (χ4v) is 4.07. The van der Waals surface area contributed by atoms with Crippen molar-refractivity contribution in [3.8, 4) is 0 Å². The molecule has 42 heavy (non-hydrogen) atoms. The molecule has 9 nitrogen and oxygen atoms in total. The van der Waals surface area contributed by atoms with E-state index in [0.717, 1.165) is 0 Å². The molecular formula is C33H27N5O4. The summed E-state index contributed by atoms with van der Waals surface area (Å²) < 4.78 is 0. The van der Waals surface area contributed by atoms with Crippen LogP contribution in [-0.2, 0) is 0 Å². The van der Waals surface area contributed by atoms with Gasteiger partial charge in [0.1, 0.15) is 0 Å². The van der Waals surface area contributed by atoms with Crippen LogP contribution in [0.3, 0.4) is 0 Å². The molecule has 5 N–H and O–H groups in total. The number of hydrogen-bond acceptors (Lipinski definition) is 5. The van der Waals surface area contributed by atoms with Gasteiger partial charge in [0.05, 0.1) is 5.69 Å². The number of hydrogen-bond donors (Lipinski definition) is 5. The summed E-state index contributed by atoms with van der Waals surface area (Å²) in [6, 6.07) is 37.6. The highest BCUT2D eigenvalue weighted by molar-refractivity contribution is 6.09. The van der Waals surface area contributed by atoms with E-state index in [-0.39, 0.29) is 22.9 Å². The standard InChI is InChI=1S/C33H27N5O4/c39-31(23-8-3-1-4-9-23)34-26-14-16-27(17-15-26)35-32(40)24-10-7-11-25(22-24)33(41)36-28-18-20-29(21-19-28)37-38(42)30-12-5-2-6-13-30/h1-22,37-38H,(H,34,39)(H,35,40)(H,36,41). The van der Waals surface area contributed by atoms with Gasteiger partial charge in [-0.15, -0.1) is 0 Å². The highest BCUT2D eigenvalue weighted by Crippen LogP contribution is 2.18. The lowest BCUT2D eigenvalue weighted by molar-refractivity contribution is -0.749. The summed E-state index contributed by atoms with van der Waals surface area (Å²) in [6.45, 7) is 0. The minimum atomic E-state index is -0.385. The average Bonchev–Trinajstić information content (AvgIpc) is 3.03. The number of carbonyl (C=O) groups excluding carboxylic acids is 3.